The van der Waals surface area contributed by atoms with Gasteiger partial charge in [-0.1, -0.05) is 18.2 Å². The summed E-state index contributed by atoms with van der Waals surface area (Å²) < 4.78 is 0. The van der Waals surface area contributed by atoms with E-state index < -0.39 is 0 Å². The minimum Gasteiger partial charge on any atom is -0.192 e. The van der Waals surface area contributed by atoms with Gasteiger partial charge in [-0.2, -0.15) is 5.26 Å². The summed E-state index contributed by atoms with van der Waals surface area (Å²) in [6.45, 7) is 4.03. The quantitative estimate of drug-likeness (QED) is 0.496. The van der Waals surface area contributed by atoms with Crippen molar-refractivity contribution in [3.05, 3.63) is 35.5 Å². The molecule has 0 aliphatic heterocycles. The Balaban J connectivity index is 2.44. The maximum absolute atomic E-state index is 8.84. The smallest absolute Gasteiger partial charge is 0.0991 e. The summed E-state index contributed by atoms with van der Waals surface area (Å²) in [6.07, 6.45) is 7.22. The highest BCUT2D eigenvalue weighted by atomic mass is 14.3. The van der Waals surface area contributed by atoms with E-state index in [0.717, 1.165) is 24.8 Å². The van der Waals surface area contributed by atoms with Crippen LogP contribution in [-0.2, 0) is 0 Å². The Hall–Kier alpha value is -1.29. The molecule has 1 unspecified atom stereocenters. The number of nitrogens with zero attached hydrogens (tertiary/aromatic N) is 1. The molecule has 2 rings (SSSR count). The molecule has 0 aromatic carbocycles. The summed E-state index contributed by atoms with van der Waals surface area (Å²) in [5.41, 5.74) is 3.51. The lowest BCUT2D eigenvalue weighted by Gasteiger charge is -2.15. The summed E-state index contributed by atoms with van der Waals surface area (Å²) in [5, 5.41) is 8.84. The van der Waals surface area contributed by atoms with Gasteiger partial charge in [0.15, 0.2) is 0 Å². The molecule has 1 atom stereocenters. The lowest BCUT2D eigenvalue weighted by molar-refractivity contribution is 0.755. The Morgan fingerprint density at radius 3 is 3.08 bits per heavy atom. The van der Waals surface area contributed by atoms with E-state index in [1.165, 1.54) is 11.1 Å². The van der Waals surface area contributed by atoms with Gasteiger partial charge in [0.2, 0.25) is 0 Å². The molecule has 0 heterocycles. The van der Waals surface area contributed by atoms with Crippen LogP contribution in [0.2, 0.25) is 0 Å². The molecule has 0 spiro atoms. The van der Waals surface area contributed by atoms with Gasteiger partial charge in [-0.15, -0.1) is 0 Å². The van der Waals surface area contributed by atoms with E-state index in [1.54, 1.807) is 0 Å². The van der Waals surface area contributed by atoms with Gasteiger partial charge < -0.3 is 0 Å². The highest BCUT2D eigenvalue weighted by Crippen LogP contribution is 2.41. The summed E-state index contributed by atoms with van der Waals surface area (Å²) in [7, 11) is 0. The molecule has 2 aliphatic carbocycles. The maximum atomic E-state index is 8.84. The van der Waals surface area contributed by atoms with Crippen LogP contribution in [0.1, 0.15) is 19.3 Å². The van der Waals surface area contributed by atoms with Gasteiger partial charge in [-0.25, -0.2) is 0 Å². The molecule has 0 N–H and O–H groups in total. The Morgan fingerprint density at radius 1 is 1.50 bits per heavy atom. The van der Waals surface area contributed by atoms with Crippen molar-refractivity contribution in [3.8, 4) is 6.07 Å². The van der Waals surface area contributed by atoms with E-state index in [4.69, 9.17) is 5.26 Å². The van der Waals surface area contributed by atoms with Gasteiger partial charge >= 0.3 is 0 Å². The zero-order valence-corrected chi connectivity index (χ0v) is 7.01. The number of nitriles is 1. The standard InChI is InChI=1S/C11H11N/c1-8-5-6-11-9(7-12)3-2-4-10(8)11/h2-3,10H,1,4-6H2. The monoisotopic (exact) mass is 157 g/mol. The van der Waals surface area contributed by atoms with Gasteiger partial charge in [0.25, 0.3) is 0 Å². The van der Waals surface area contributed by atoms with Crippen molar-refractivity contribution in [2.24, 2.45) is 5.92 Å². The van der Waals surface area contributed by atoms with E-state index in [-0.39, 0.29) is 0 Å². The average Bonchev–Trinajstić information content (AvgIpc) is 2.48. The van der Waals surface area contributed by atoms with Crippen molar-refractivity contribution < 1.29 is 0 Å². The zero-order valence-electron chi connectivity index (χ0n) is 7.01. The average molecular weight is 157 g/mol. The van der Waals surface area contributed by atoms with E-state index in [1.807, 2.05) is 6.08 Å². The van der Waals surface area contributed by atoms with E-state index >= 15 is 0 Å². The molecule has 1 heteroatoms. The van der Waals surface area contributed by atoms with Crippen molar-refractivity contribution in [2.75, 3.05) is 0 Å². The van der Waals surface area contributed by atoms with Gasteiger partial charge in [0.05, 0.1) is 11.6 Å². The third-order valence-electron chi connectivity index (χ3n) is 2.75. The van der Waals surface area contributed by atoms with Gasteiger partial charge in [-0.05, 0) is 30.9 Å². The number of hydrogen-bond acceptors (Lipinski definition) is 1. The molecule has 2 aliphatic rings. The highest BCUT2D eigenvalue weighted by molar-refractivity contribution is 5.46. The minimum absolute atomic E-state index is 0.490. The molecule has 1 fully saturated rings. The first-order valence-corrected chi connectivity index (χ1v) is 4.30. The van der Waals surface area contributed by atoms with Crippen molar-refractivity contribution >= 4 is 0 Å². The Labute approximate surface area is 72.7 Å². The zero-order chi connectivity index (χ0) is 8.55. The third kappa shape index (κ3) is 0.921. The molecule has 0 aromatic heterocycles. The lowest BCUT2D eigenvalue weighted by Crippen LogP contribution is -2.03. The topological polar surface area (TPSA) is 23.8 Å². The van der Waals surface area contributed by atoms with Gasteiger partial charge in [0, 0.05) is 5.92 Å². The molecule has 0 bridgehead atoms. The van der Waals surface area contributed by atoms with E-state index in [9.17, 15) is 0 Å². The molecule has 0 aromatic rings. The predicted octanol–water partition coefficient (Wildman–Crippen LogP) is 2.73. The Kier molecular flexibility index (Phi) is 1.62. The fourth-order valence-electron chi connectivity index (χ4n) is 2.06. The van der Waals surface area contributed by atoms with Crippen LogP contribution in [0.15, 0.2) is 35.5 Å². The summed E-state index contributed by atoms with van der Waals surface area (Å²) in [6, 6.07) is 2.25. The Morgan fingerprint density at radius 2 is 2.33 bits per heavy atom. The first-order valence-electron chi connectivity index (χ1n) is 4.30. The number of hydrogen-bond donors (Lipinski definition) is 0. The minimum atomic E-state index is 0.490. The fraction of sp³-hybridized carbons (Fsp3) is 0.364. The largest absolute Gasteiger partial charge is 0.192 e. The molecular formula is C11H11N. The lowest BCUT2D eigenvalue weighted by atomic mass is 9.88. The highest BCUT2D eigenvalue weighted by Gasteiger charge is 2.27. The normalized spacial score (nSPS) is 27.2. The molecule has 0 amide bonds. The number of fused-ring (bicyclic) bond motifs is 1. The summed E-state index contributed by atoms with van der Waals surface area (Å²) >= 11 is 0. The summed E-state index contributed by atoms with van der Waals surface area (Å²) in [4.78, 5) is 0. The van der Waals surface area contributed by atoms with Crippen LogP contribution < -0.4 is 0 Å². The van der Waals surface area contributed by atoms with Crippen LogP contribution in [0, 0.1) is 17.2 Å². The second-order valence-corrected chi connectivity index (χ2v) is 3.40. The van der Waals surface area contributed by atoms with E-state index in [0.29, 0.717) is 5.92 Å². The molecule has 1 saturated carbocycles. The number of allylic oxidation sites excluding steroid dienone is 5. The van der Waals surface area contributed by atoms with Crippen molar-refractivity contribution in [3.63, 3.8) is 0 Å². The number of rotatable bonds is 0. The second kappa shape index (κ2) is 2.64. The molecule has 1 nitrogen and oxygen atoms in total. The van der Waals surface area contributed by atoms with E-state index in [2.05, 4.69) is 18.7 Å². The van der Waals surface area contributed by atoms with Crippen LogP contribution in [0.3, 0.4) is 0 Å². The first kappa shape index (κ1) is 7.36. The molecule has 12 heavy (non-hydrogen) atoms. The fourth-order valence-corrected chi connectivity index (χ4v) is 2.06. The van der Waals surface area contributed by atoms with Gasteiger partial charge in [-0.3, -0.25) is 0 Å². The SMILES string of the molecule is C=C1CCC2=C(C#N)C=CCC12. The van der Waals surface area contributed by atoms with Crippen molar-refractivity contribution in [1.82, 2.24) is 0 Å². The van der Waals surface area contributed by atoms with Gasteiger partial charge in [0.1, 0.15) is 0 Å². The Bertz CT molecular complexity index is 325. The van der Waals surface area contributed by atoms with Crippen molar-refractivity contribution in [1.29, 1.82) is 5.26 Å². The molecule has 60 valence electrons. The maximum Gasteiger partial charge on any atom is 0.0991 e. The van der Waals surface area contributed by atoms with Crippen LogP contribution in [0.5, 0.6) is 0 Å². The van der Waals surface area contributed by atoms with Crippen LogP contribution in [0.25, 0.3) is 0 Å². The summed E-state index contributed by atoms with van der Waals surface area (Å²) in [5.74, 6) is 0.490. The van der Waals surface area contributed by atoms with Crippen LogP contribution in [-0.4, -0.2) is 0 Å². The first-order chi connectivity index (χ1) is 5.83. The predicted molar refractivity (Wildman–Crippen MR) is 48.3 cm³/mol. The van der Waals surface area contributed by atoms with Crippen LogP contribution >= 0.6 is 0 Å². The second-order valence-electron chi connectivity index (χ2n) is 3.40. The molecular weight excluding hydrogens is 146 g/mol. The van der Waals surface area contributed by atoms with Crippen molar-refractivity contribution in [2.45, 2.75) is 19.3 Å². The molecule has 0 saturated heterocycles. The van der Waals surface area contributed by atoms with Crippen LogP contribution in [0.4, 0.5) is 0 Å². The third-order valence-corrected chi connectivity index (χ3v) is 2.75. The molecule has 0 radical (unpaired) electrons.